The van der Waals surface area contributed by atoms with Crippen molar-refractivity contribution >= 4 is 21.4 Å². The molecule has 1 fully saturated rings. The minimum absolute atomic E-state index is 0.00862. The van der Waals surface area contributed by atoms with Crippen LogP contribution in [-0.4, -0.2) is 45.6 Å². The van der Waals surface area contributed by atoms with Crippen molar-refractivity contribution in [3.8, 4) is 0 Å². The van der Waals surface area contributed by atoms with Crippen molar-refractivity contribution in [2.24, 2.45) is 5.92 Å². The van der Waals surface area contributed by atoms with Gasteiger partial charge in [-0.25, -0.2) is 8.42 Å². The van der Waals surface area contributed by atoms with Gasteiger partial charge in [0.15, 0.2) is 9.84 Å². The Hall–Kier alpha value is -1.56. The molecule has 1 aromatic rings. The maximum absolute atomic E-state index is 12.3. The average molecular weight is 324 g/mol. The molecule has 1 aliphatic heterocycles. The zero-order valence-electron chi connectivity index (χ0n) is 13.2. The summed E-state index contributed by atoms with van der Waals surface area (Å²) >= 11 is 0. The Morgan fingerprint density at radius 3 is 2.73 bits per heavy atom. The zero-order valence-corrected chi connectivity index (χ0v) is 14.0. The molecule has 1 amide bonds. The maximum Gasteiger partial charge on any atom is 0.227 e. The van der Waals surface area contributed by atoms with Crippen molar-refractivity contribution < 1.29 is 13.2 Å². The van der Waals surface area contributed by atoms with Crippen LogP contribution in [0.25, 0.3) is 0 Å². The lowest BCUT2D eigenvalue weighted by Gasteiger charge is -2.21. The second kappa shape index (κ2) is 7.13. The number of para-hydroxylation sites is 1. The summed E-state index contributed by atoms with van der Waals surface area (Å²) in [7, 11) is -1.24. The van der Waals surface area contributed by atoms with E-state index in [9.17, 15) is 13.2 Å². The molecule has 1 saturated heterocycles. The molecule has 2 rings (SSSR count). The highest BCUT2D eigenvalue weighted by Gasteiger charge is 2.24. The highest BCUT2D eigenvalue weighted by molar-refractivity contribution is 7.89. The summed E-state index contributed by atoms with van der Waals surface area (Å²) in [6, 6.07) is 7.38. The molecule has 0 aromatic heterocycles. The first-order valence-corrected chi connectivity index (χ1v) is 9.67. The molecule has 1 N–H and O–H groups in total. The third kappa shape index (κ3) is 4.73. The summed E-state index contributed by atoms with van der Waals surface area (Å²) in [5.41, 5.74) is 1.55. The van der Waals surface area contributed by atoms with Crippen molar-refractivity contribution in [1.82, 2.24) is 4.90 Å². The summed E-state index contributed by atoms with van der Waals surface area (Å²) in [4.78, 5) is 14.1. The lowest BCUT2D eigenvalue weighted by Crippen LogP contribution is -2.34. The Morgan fingerprint density at radius 1 is 1.27 bits per heavy atom. The number of hydrogen-bond acceptors (Lipinski definition) is 4. The van der Waals surface area contributed by atoms with E-state index in [-0.39, 0.29) is 17.6 Å². The highest BCUT2D eigenvalue weighted by atomic mass is 32.2. The van der Waals surface area contributed by atoms with E-state index in [1.54, 1.807) is 4.90 Å². The van der Waals surface area contributed by atoms with Crippen LogP contribution in [0.15, 0.2) is 24.3 Å². The molecule has 1 atom stereocenters. The Kier molecular flexibility index (Phi) is 5.45. The molecule has 1 aromatic carbocycles. The first kappa shape index (κ1) is 16.8. The molecule has 0 spiro atoms. The number of hydrogen-bond donors (Lipinski definition) is 1. The minimum atomic E-state index is -3.08. The van der Waals surface area contributed by atoms with Crippen molar-refractivity contribution in [2.45, 2.75) is 25.0 Å². The van der Waals surface area contributed by atoms with Gasteiger partial charge in [-0.1, -0.05) is 24.6 Å². The maximum atomic E-state index is 12.3. The van der Waals surface area contributed by atoms with E-state index in [0.717, 1.165) is 37.1 Å². The molecule has 5 nitrogen and oxygen atoms in total. The lowest BCUT2D eigenvalue weighted by atomic mass is 10.0. The number of amides is 1. The SMILES string of the molecule is CN1CCCC[C@H](CNc2ccccc2CS(C)(=O)=O)C1=O. The van der Waals surface area contributed by atoms with E-state index in [0.29, 0.717) is 6.54 Å². The average Bonchev–Trinajstić information content (AvgIpc) is 2.60. The zero-order chi connectivity index (χ0) is 16.2. The van der Waals surface area contributed by atoms with Gasteiger partial charge in [-0.3, -0.25) is 4.79 Å². The fourth-order valence-electron chi connectivity index (χ4n) is 2.81. The third-order valence-corrected chi connectivity index (χ3v) is 4.83. The first-order valence-electron chi connectivity index (χ1n) is 7.61. The summed E-state index contributed by atoms with van der Waals surface area (Å²) in [6.45, 7) is 1.37. The van der Waals surface area contributed by atoms with Gasteiger partial charge in [-0.15, -0.1) is 0 Å². The fourth-order valence-corrected chi connectivity index (χ4v) is 3.63. The van der Waals surface area contributed by atoms with E-state index in [4.69, 9.17) is 0 Å². The largest absolute Gasteiger partial charge is 0.384 e. The number of carbonyl (C=O) groups excluding carboxylic acids is 1. The number of sulfone groups is 1. The van der Waals surface area contributed by atoms with E-state index < -0.39 is 9.84 Å². The van der Waals surface area contributed by atoms with Gasteiger partial charge in [0.05, 0.1) is 11.7 Å². The summed E-state index contributed by atoms with van der Waals surface area (Å²) in [5, 5.41) is 3.27. The minimum Gasteiger partial charge on any atom is -0.384 e. The van der Waals surface area contributed by atoms with E-state index in [1.165, 1.54) is 6.26 Å². The number of nitrogens with zero attached hydrogens (tertiary/aromatic N) is 1. The number of nitrogens with one attached hydrogen (secondary N) is 1. The quantitative estimate of drug-likeness (QED) is 0.898. The molecule has 1 heterocycles. The van der Waals surface area contributed by atoms with Crippen LogP contribution in [-0.2, 0) is 20.4 Å². The molecular weight excluding hydrogens is 300 g/mol. The first-order chi connectivity index (χ1) is 10.4. The van der Waals surface area contributed by atoms with Crippen LogP contribution in [0, 0.1) is 5.92 Å². The van der Waals surface area contributed by atoms with E-state index in [1.807, 2.05) is 31.3 Å². The summed E-state index contributed by atoms with van der Waals surface area (Å²) < 4.78 is 23.0. The number of likely N-dealkylation sites (tertiary alicyclic amines) is 1. The molecule has 1 aliphatic rings. The predicted octanol–water partition coefficient (Wildman–Crippen LogP) is 1.90. The number of rotatable bonds is 5. The standard InChI is InChI=1S/C16H24N2O3S/c1-18-10-6-5-7-13(16(18)19)11-17-15-9-4-3-8-14(15)12-22(2,20)21/h3-4,8-9,13,17H,5-7,10-12H2,1-2H3/t13-/m1/s1. The van der Waals surface area contributed by atoms with Gasteiger partial charge in [0.25, 0.3) is 0 Å². The lowest BCUT2D eigenvalue weighted by molar-refractivity contribution is -0.133. The fraction of sp³-hybridized carbons (Fsp3) is 0.562. The normalized spacial score (nSPS) is 19.8. The summed E-state index contributed by atoms with van der Waals surface area (Å²) in [6.07, 6.45) is 4.20. The molecule has 122 valence electrons. The topological polar surface area (TPSA) is 66.5 Å². The smallest absolute Gasteiger partial charge is 0.227 e. The van der Waals surface area contributed by atoms with Gasteiger partial charge < -0.3 is 10.2 Å². The predicted molar refractivity (Wildman–Crippen MR) is 88.5 cm³/mol. The molecule has 0 bridgehead atoms. The molecule has 0 unspecified atom stereocenters. The van der Waals surface area contributed by atoms with Gasteiger partial charge in [0, 0.05) is 32.1 Å². The third-order valence-electron chi connectivity index (χ3n) is 4.00. The van der Waals surface area contributed by atoms with Gasteiger partial charge >= 0.3 is 0 Å². The van der Waals surface area contributed by atoms with Crippen molar-refractivity contribution in [1.29, 1.82) is 0 Å². The second-order valence-electron chi connectivity index (χ2n) is 6.06. The molecule has 22 heavy (non-hydrogen) atoms. The number of anilines is 1. The van der Waals surface area contributed by atoms with Crippen LogP contribution in [0.4, 0.5) is 5.69 Å². The van der Waals surface area contributed by atoms with Crippen molar-refractivity contribution in [2.75, 3.05) is 31.7 Å². The summed E-state index contributed by atoms with van der Waals surface area (Å²) in [5.74, 6) is 0.138. The van der Waals surface area contributed by atoms with E-state index in [2.05, 4.69) is 5.32 Å². The molecule has 0 saturated carbocycles. The number of carbonyl (C=O) groups is 1. The molecule has 0 aliphatic carbocycles. The second-order valence-corrected chi connectivity index (χ2v) is 8.20. The van der Waals surface area contributed by atoms with Crippen LogP contribution in [0.2, 0.25) is 0 Å². The molecule has 0 radical (unpaired) electrons. The van der Waals surface area contributed by atoms with E-state index >= 15 is 0 Å². The Labute approximate surface area is 132 Å². The van der Waals surface area contributed by atoms with Gasteiger partial charge in [0.2, 0.25) is 5.91 Å². The highest BCUT2D eigenvalue weighted by Crippen LogP contribution is 2.21. The van der Waals surface area contributed by atoms with Crippen LogP contribution >= 0.6 is 0 Å². The van der Waals surface area contributed by atoms with Crippen molar-refractivity contribution in [3.63, 3.8) is 0 Å². The molecular formula is C16H24N2O3S. The van der Waals surface area contributed by atoms with Crippen LogP contribution in [0.3, 0.4) is 0 Å². The Morgan fingerprint density at radius 2 is 2.00 bits per heavy atom. The number of benzene rings is 1. The Bertz CT molecular complexity index is 628. The van der Waals surface area contributed by atoms with Gasteiger partial charge in [-0.2, -0.15) is 0 Å². The monoisotopic (exact) mass is 324 g/mol. The van der Waals surface area contributed by atoms with Crippen LogP contribution in [0.5, 0.6) is 0 Å². The van der Waals surface area contributed by atoms with Gasteiger partial charge in [-0.05, 0) is 24.5 Å². The van der Waals surface area contributed by atoms with Crippen molar-refractivity contribution in [3.05, 3.63) is 29.8 Å². The molecule has 6 heteroatoms. The Balaban J connectivity index is 2.06. The van der Waals surface area contributed by atoms with Gasteiger partial charge in [0.1, 0.15) is 0 Å². The van der Waals surface area contributed by atoms with Crippen LogP contribution in [0.1, 0.15) is 24.8 Å². The van der Waals surface area contributed by atoms with Crippen LogP contribution < -0.4 is 5.32 Å².